The van der Waals surface area contributed by atoms with Crippen molar-refractivity contribution in [3.63, 3.8) is 0 Å². The lowest BCUT2D eigenvalue weighted by molar-refractivity contribution is 0.114. The SMILES string of the molecule is CNC(c1ccc(Cl)cc1)[C@H](O)Cn1ccc2ccccc21. The molecule has 3 nitrogen and oxygen atoms in total. The van der Waals surface area contributed by atoms with Crippen LogP contribution in [0.15, 0.2) is 60.8 Å². The standard InChI is InChI=1S/C18H19ClN2O/c1-20-18(14-6-8-15(19)9-7-14)17(22)12-21-11-10-13-4-2-3-5-16(13)21/h2-11,17-18,20,22H,12H2,1H3/t17-,18?/m1/s1. The number of aliphatic hydroxyl groups excluding tert-OH is 1. The van der Waals surface area contributed by atoms with Crippen LogP contribution >= 0.6 is 11.6 Å². The first kappa shape index (κ1) is 15.1. The van der Waals surface area contributed by atoms with E-state index in [1.807, 2.05) is 49.6 Å². The number of likely N-dealkylation sites (N-methyl/N-ethyl adjacent to an activating group) is 1. The van der Waals surface area contributed by atoms with Crippen LogP contribution in [0, 0.1) is 0 Å². The predicted molar refractivity (Wildman–Crippen MR) is 91.2 cm³/mol. The van der Waals surface area contributed by atoms with E-state index in [-0.39, 0.29) is 6.04 Å². The average molecular weight is 315 g/mol. The summed E-state index contributed by atoms with van der Waals surface area (Å²) in [6, 6.07) is 17.7. The third-order valence-corrected chi connectivity index (χ3v) is 4.24. The first-order valence-corrected chi connectivity index (χ1v) is 7.71. The summed E-state index contributed by atoms with van der Waals surface area (Å²) in [5.74, 6) is 0. The number of hydrogen-bond donors (Lipinski definition) is 2. The van der Waals surface area contributed by atoms with Crippen molar-refractivity contribution in [2.75, 3.05) is 7.05 Å². The van der Waals surface area contributed by atoms with Crippen molar-refractivity contribution in [1.82, 2.24) is 9.88 Å². The smallest absolute Gasteiger partial charge is 0.0913 e. The normalized spacial score (nSPS) is 14.1. The molecule has 0 aliphatic carbocycles. The van der Waals surface area contributed by atoms with Crippen LogP contribution in [0.4, 0.5) is 0 Å². The van der Waals surface area contributed by atoms with Crippen molar-refractivity contribution in [1.29, 1.82) is 0 Å². The van der Waals surface area contributed by atoms with Crippen LogP contribution in [0.3, 0.4) is 0 Å². The van der Waals surface area contributed by atoms with Crippen LogP contribution < -0.4 is 5.32 Å². The zero-order chi connectivity index (χ0) is 15.5. The number of rotatable bonds is 5. The molecular formula is C18H19ClN2O. The molecule has 22 heavy (non-hydrogen) atoms. The van der Waals surface area contributed by atoms with Gasteiger partial charge in [0.25, 0.3) is 0 Å². The molecular weight excluding hydrogens is 296 g/mol. The molecule has 2 N–H and O–H groups in total. The minimum atomic E-state index is -0.540. The lowest BCUT2D eigenvalue weighted by atomic mass is 10.0. The van der Waals surface area contributed by atoms with E-state index >= 15 is 0 Å². The number of aromatic nitrogens is 1. The summed E-state index contributed by atoms with van der Waals surface area (Å²) in [6.45, 7) is 0.529. The first-order chi connectivity index (χ1) is 10.7. The highest BCUT2D eigenvalue weighted by molar-refractivity contribution is 6.30. The van der Waals surface area contributed by atoms with E-state index in [9.17, 15) is 5.11 Å². The van der Waals surface area contributed by atoms with Crippen LogP contribution in [0.1, 0.15) is 11.6 Å². The number of benzene rings is 2. The fourth-order valence-electron chi connectivity index (χ4n) is 2.86. The number of nitrogens with zero attached hydrogens (tertiary/aromatic N) is 1. The van der Waals surface area contributed by atoms with Gasteiger partial charge in [-0.25, -0.2) is 0 Å². The molecule has 0 spiro atoms. The maximum Gasteiger partial charge on any atom is 0.0913 e. The number of aliphatic hydroxyl groups is 1. The molecule has 0 saturated heterocycles. The van der Waals surface area contributed by atoms with E-state index in [4.69, 9.17) is 11.6 Å². The Morgan fingerprint density at radius 1 is 1.09 bits per heavy atom. The Morgan fingerprint density at radius 3 is 2.55 bits per heavy atom. The van der Waals surface area contributed by atoms with Gasteiger partial charge in [0, 0.05) is 16.7 Å². The Morgan fingerprint density at radius 2 is 1.82 bits per heavy atom. The molecule has 0 aliphatic rings. The van der Waals surface area contributed by atoms with Gasteiger partial charge >= 0.3 is 0 Å². The monoisotopic (exact) mass is 314 g/mol. The van der Waals surface area contributed by atoms with E-state index in [2.05, 4.69) is 28.1 Å². The molecule has 0 bridgehead atoms. The molecule has 0 radical (unpaired) electrons. The molecule has 114 valence electrons. The minimum Gasteiger partial charge on any atom is -0.389 e. The van der Waals surface area contributed by atoms with Crippen molar-refractivity contribution in [2.24, 2.45) is 0 Å². The van der Waals surface area contributed by atoms with Crippen LogP contribution in [0.25, 0.3) is 10.9 Å². The highest BCUT2D eigenvalue weighted by Crippen LogP contribution is 2.22. The summed E-state index contributed by atoms with van der Waals surface area (Å²) in [5.41, 5.74) is 2.16. The van der Waals surface area contributed by atoms with Gasteiger partial charge in [0.05, 0.1) is 18.7 Å². The number of hydrogen-bond acceptors (Lipinski definition) is 2. The first-order valence-electron chi connectivity index (χ1n) is 7.33. The summed E-state index contributed by atoms with van der Waals surface area (Å²) < 4.78 is 2.08. The van der Waals surface area contributed by atoms with Crippen molar-refractivity contribution in [3.8, 4) is 0 Å². The molecule has 1 heterocycles. The predicted octanol–water partition coefficient (Wildman–Crippen LogP) is 3.62. The average Bonchev–Trinajstić information content (AvgIpc) is 2.93. The van der Waals surface area contributed by atoms with Crippen molar-refractivity contribution in [2.45, 2.75) is 18.7 Å². The van der Waals surface area contributed by atoms with Crippen LogP contribution in [-0.4, -0.2) is 22.8 Å². The fourth-order valence-corrected chi connectivity index (χ4v) is 2.98. The van der Waals surface area contributed by atoms with E-state index in [0.29, 0.717) is 11.6 Å². The Hall–Kier alpha value is -1.81. The van der Waals surface area contributed by atoms with Gasteiger partial charge in [0.15, 0.2) is 0 Å². The van der Waals surface area contributed by atoms with Gasteiger partial charge in [-0.2, -0.15) is 0 Å². The van der Waals surface area contributed by atoms with E-state index in [0.717, 1.165) is 11.1 Å². The van der Waals surface area contributed by atoms with Crippen LogP contribution in [-0.2, 0) is 6.54 Å². The second-order valence-electron chi connectivity index (χ2n) is 5.41. The maximum atomic E-state index is 10.6. The third kappa shape index (κ3) is 3.02. The van der Waals surface area contributed by atoms with Crippen molar-refractivity contribution >= 4 is 22.5 Å². The molecule has 1 unspecified atom stereocenters. The van der Waals surface area contributed by atoms with E-state index in [1.54, 1.807) is 0 Å². The summed E-state index contributed by atoms with van der Waals surface area (Å²) in [6.07, 6.45) is 1.48. The largest absolute Gasteiger partial charge is 0.389 e. The van der Waals surface area contributed by atoms with Gasteiger partial charge in [-0.05, 0) is 42.3 Å². The van der Waals surface area contributed by atoms with Crippen LogP contribution in [0.2, 0.25) is 5.02 Å². The lowest BCUT2D eigenvalue weighted by Gasteiger charge is -2.24. The minimum absolute atomic E-state index is 0.140. The van der Waals surface area contributed by atoms with E-state index < -0.39 is 6.10 Å². The second-order valence-corrected chi connectivity index (χ2v) is 5.85. The fraction of sp³-hybridized carbons (Fsp3) is 0.222. The van der Waals surface area contributed by atoms with Gasteiger partial charge in [0.2, 0.25) is 0 Å². The Labute approximate surface area is 135 Å². The van der Waals surface area contributed by atoms with Gasteiger partial charge in [-0.15, -0.1) is 0 Å². The van der Waals surface area contributed by atoms with Crippen molar-refractivity contribution < 1.29 is 5.11 Å². The van der Waals surface area contributed by atoms with Crippen molar-refractivity contribution in [3.05, 3.63) is 71.4 Å². The van der Waals surface area contributed by atoms with Gasteiger partial charge in [-0.3, -0.25) is 0 Å². The number of nitrogens with one attached hydrogen (secondary N) is 1. The Bertz CT molecular complexity index is 751. The van der Waals surface area contributed by atoms with Gasteiger partial charge in [-0.1, -0.05) is 41.9 Å². The number of fused-ring (bicyclic) bond motifs is 1. The summed E-state index contributed by atoms with van der Waals surface area (Å²) >= 11 is 5.93. The summed E-state index contributed by atoms with van der Waals surface area (Å²) in [7, 11) is 1.86. The molecule has 2 aromatic carbocycles. The van der Waals surface area contributed by atoms with E-state index in [1.165, 1.54) is 5.39 Å². The highest BCUT2D eigenvalue weighted by Gasteiger charge is 2.20. The number of halogens is 1. The second kappa shape index (κ2) is 6.53. The summed E-state index contributed by atoms with van der Waals surface area (Å²) in [4.78, 5) is 0. The molecule has 4 heteroatoms. The molecule has 3 aromatic rings. The molecule has 0 fully saturated rings. The summed E-state index contributed by atoms with van der Waals surface area (Å²) in [5, 5.41) is 15.7. The number of para-hydroxylation sites is 1. The molecule has 2 atom stereocenters. The molecule has 1 aromatic heterocycles. The zero-order valence-electron chi connectivity index (χ0n) is 12.4. The molecule has 3 rings (SSSR count). The lowest BCUT2D eigenvalue weighted by Crippen LogP contribution is -2.32. The topological polar surface area (TPSA) is 37.2 Å². The molecule has 0 saturated carbocycles. The Balaban J connectivity index is 1.82. The third-order valence-electron chi connectivity index (χ3n) is 3.99. The molecule has 0 aliphatic heterocycles. The maximum absolute atomic E-state index is 10.6. The van der Waals surface area contributed by atoms with Crippen LogP contribution in [0.5, 0.6) is 0 Å². The zero-order valence-corrected chi connectivity index (χ0v) is 13.2. The highest BCUT2D eigenvalue weighted by atomic mass is 35.5. The Kier molecular flexibility index (Phi) is 4.48. The quantitative estimate of drug-likeness (QED) is 0.755. The molecule has 0 amide bonds. The van der Waals surface area contributed by atoms with Gasteiger partial charge < -0.3 is 15.0 Å². The van der Waals surface area contributed by atoms with Gasteiger partial charge in [0.1, 0.15) is 0 Å².